The molecule has 166 valence electrons. The minimum absolute atomic E-state index is 0.0987. The van der Waals surface area contributed by atoms with Crippen molar-refractivity contribution in [3.05, 3.63) is 63.8 Å². The van der Waals surface area contributed by atoms with E-state index in [1.807, 2.05) is 36.4 Å². The van der Waals surface area contributed by atoms with E-state index >= 15 is 0 Å². The van der Waals surface area contributed by atoms with E-state index < -0.39 is 0 Å². The smallest absolute Gasteiger partial charge is 0.253 e. The molecular weight excluding hydrogens is 470 g/mol. The van der Waals surface area contributed by atoms with Crippen molar-refractivity contribution in [2.75, 3.05) is 13.1 Å². The first-order chi connectivity index (χ1) is 15.5. The summed E-state index contributed by atoms with van der Waals surface area (Å²) in [5, 5.41) is 4.34. The molecule has 0 aliphatic carbocycles. The number of benzene rings is 2. The number of likely N-dealkylation sites (tertiary alicyclic amines) is 1. The number of para-hydroxylation sites is 1. The molecule has 2 aliphatic rings. The van der Waals surface area contributed by atoms with Crippen LogP contribution in [0.25, 0.3) is 10.9 Å². The zero-order chi connectivity index (χ0) is 22.3. The molecule has 0 radical (unpaired) electrons. The molecule has 0 bridgehead atoms. The second-order valence-corrected chi connectivity index (χ2v) is 9.67. The SMILES string of the molecule is CCc1cc2cccc(C(=O)NC3CC4(CCN(C=O)CC4)Oc4ccc(Br)cc43)c2[nH]1. The van der Waals surface area contributed by atoms with Crippen LogP contribution >= 0.6 is 15.9 Å². The number of aryl methyl sites for hydroxylation is 1. The van der Waals surface area contributed by atoms with Crippen LogP contribution < -0.4 is 10.1 Å². The Morgan fingerprint density at radius 1 is 1.28 bits per heavy atom. The van der Waals surface area contributed by atoms with Gasteiger partial charge in [-0.25, -0.2) is 0 Å². The number of ether oxygens (including phenoxy) is 1. The molecule has 1 fully saturated rings. The summed E-state index contributed by atoms with van der Waals surface area (Å²) >= 11 is 3.56. The van der Waals surface area contributed by atoms with E-state index in [0.717, 1.165) is 58.1 Å². The predicted molar refractivity (Wildman–Crippen MR) is 127 cm³/mol. The summed E-state index contributed by atoms with van der Waals surface area (Å²) in [6.45, 7) is 3.42. The molecule has 2 aliphatic heterocycles. The van der Waals surface area contributed by atoms with Crippen molar-refractivity contribution in [2.24, 2.45) is 0 Å². The Balaban J connectivity index is 1.47. The Bertz CT molecular complexity index is 1180. The monoisotopic (exact) mass is 495 g/mol. The summed E-state index contributed by atoms with van der Waals surface area (Å²) in [7, 11) is 0. The molecule has 3 aromatic rings. The van der Waals surface area contributed by atoms with Crippen LogP contribution in [0.1, 0.15) is 53.8 Å². The predicted octanol–water partition coefficient (Wildman–Crippen LogP) is 4.74. The number of aromatic nitrogens is 1. The number of halogens is 1. The number of carbonyl (C=O) groups is 2. The highest BCUT2D eigenvalue weighted by Gasteiger charge is 2.43. The summed E-state index contributed by atoms with van der Waals surface area (Å²) in [4.78, 5) is 29.8. The van der Waals surface area contributed by atoms with Gasteiger partial charge in [-0.05, 0) is 36.8 Å². The molecule has 1 atom stereocenters. The van der Waals surface area contributed by atoms with Crippen molar-refractivity contribution >= 4 is 39.2 Å². The highest BCUT2D eigenvalue weighted by Crippen LogP contribution is 2.45. The van der Waals surface area contributed by atoms with E-state index in [0.29, 0.717) is 25.1 Å². The van der Waals surface area contributed by atoms with Gasteiger partial charge in [0.15, 0.2) is 0 Å². The van der Waals surface area contributed by atoms with Gasteiger partial charge < -0.3 is 19.9 Å². The average Bonchev–Trinajstić information content (AvgIpc) is 3.24. The number of H-pyrrole nitrogens is 1. The highest BCUT2D eigenvalue weighted by molar-refractivity contribution is 9.10. The molecule has 2 amide bonds. The molecule has 7 heteroatoms. The van der Waals surface area contributed by atoms with Crippen molar-refractivity contribution in [3.8, 4) is 5.75 Å². The van der Waals surface area contributed by atoms with E-state index in [9.17, 15) is 9.59 Å². The average molecular weight is 496 g/mol. The molecule has 6 nitrogen and oxygen atoms in total. The zero-order valence-corrected chi connectivity index (χ0v) is 19.6. The first kappa shape index (κ1) is 21.1. The van der Waals surface area contributed by atoms with Crippen LogP contribution in [0.15, 0.2) is 46.9 Å². The largest absolute Gasteiger partial charge is 0.487 e. The standard InChI is InChI=1S/C25H26BrN3O3/c1-2-18-12-16-4-3-5-19(23(16)27-18)24(31)28-21-14-25(8-10-29(15-30)11-9-25)32-22-7-6-17(26)13-20(21)22/h3-7,12-13,15,21,27H,2,8-11,14H2,1H3,(H,28,31). The fraction of sp³-hybridized carbons (Fsp3) is 0.360. The van der Waals surface area contributed by atoms with Crippen molar-refractivity contribution in [1.29, 1.82) is 0 Å². The second-order valence-electron chi connectivity index (χ2n) is 8.76. The third-order valence-electron chi connectivity index (χ3n) is 6.75. The molecule has 3 heterocycles. The van der Waals surface area contributed by atoms with Crippen LogP contribution in [0.5, 0.6) is 5.75 Å². The molecule has 1 spiro atoms. The first-order valence-electron chi connectivity index (χ1n) is 11.1. The second kappa shape index (κ2) is 8.28. The maximum Gasteiger partial charge on any atom is 0.253 e. The molecule has 1 saturated heterocycles. The van der Waals surface area contributed by atoms with Crippen LogP contribution in [0.2, 0.25) is 0 Å². The number of hydrogen-bond donors (Lipinski definition) is 2. The third kappa shape index (κ3) is 3.79. The molecule has 1 unspecified atom stereocenters. The van der Waals surface area contributed by atoms with Gasteiger partial charge in [0.25, 0.3) is 5.91 Å². The van der Waals surface area contributed by atoms with Gasteiger partial charge in [-0.1, -0.05) is 35.0 Å². The molecule has 0 saturated carbocycles. The molecule has 32 heavy (non-hydrogen) atoms. The molecule has 1 aromatic heterocycles. The number of nitrogens with one attached hydrogen (secondary N) is 2. The zero-order valence-electron chi connectivity index (χ0n) is 18.0. The summed E-state index contributed by atoms with van der Waals surface area (Å²) in [5.74, 6) is 0.703. The number of aromatic amines is 1. The van der Waals surface area contributed by atoms with Gasteiger partial charge in [0.2, 0.25) is 6.41 Å². The normalized spacial score (nSPS) is 19.4. The van der Waals surface area contributed by atoms with Crippen LogP contribution in [0.4, 0.5) is 0 Å². The summed E-state index contributed by atoms with van der Waals surface area (Å²) in [5.41, 5.74) is 3.23. The Morgan fingerprint density at radius 3 is 2.84 bits per heavy atom. The first-order valence-corrected chi connectivity index (χ1v) is 11.9. The van der Waals surface area contributed by atoms with Crippen LogP contribution in [0, 0.1) is 0 Å². The quantitative estimate of drug-likeness (QED) is 0.513. The number of fused-ring (bicyclic) bond motifs is 2. The van der Waals surface area contributed by atoms with Crippen molar-refractivity contribution in [1.82, 2.24) is 15.2 Å². The van der Waals surface area contributed by atoms with Crippen molar-refractivity contribution < 1.29 is 14.3 Å². The van der Waals surface area contributed by atoms with Crippen molar-refractivity contribution in [3.63, 3.8) is 0 Å². The number of carbonyl (C=O) groups excluding carboxylic acids is 2. The fourth-order valence-electron chi connectivity index (χ4n) is 4.94. The van der Waals surface area contributed by atoms with Gasteiger partial charge in [0.05, 0.1) is 17.1 Å². The van der Waals surface area contributed by atoms with Gasteiger partial charge >= 0.3 is 0 Å². The van der Waals surface area contributed by atoms with E-state index in [-0.39, 0.29) is 17.6 Å². The van der Waals surface area contributed by atoms with Gasteiger partial charge in [-0.15, -0.1) is 0 Å². The number of piperidine rings is 1. The van der Waals surface area contributed by atoms with Gasteiger partial charge in [-0.3, -0.25) is 9.59 Å². The molecule has 2 N–H and O–H groups in total. The number of rotatable bonds is 4. The van der Waals surface area contributed by atoms with Crippen LogP contribution in [0.3, 0.4) is 0 Å². The Kier molecular flexibility index (Phi) is 5.45. The summed E-state index contributed by atoms with van der Waals surface area (Å²) in [6.07, 6.45) is 3.97. The van der Waals surface area contributed by atoms with Crippen LogP contribution in [-0.4, -0.2) is 40.9 Å². The minimum atomic E-state index is -0.383. The topological polar surface area (TPSA) is 74.4 Å². The Labute approximate surface area is 195 Å². The fourth-order valence-corrected chi connectivity index (χ4v) is 5.32. The van der Waals surface area contributed by atoms with E-state index in [2.05, 4.69) is 39.2 Å². The number of nitrogens with zero attached hydrogens (tertiary/aromatic N) is 1. The lowest BCUT2D eigenvalue weighted by atomic mass is 9.80. The molecule has 5 rings (SSSR count). The molecule has 2 aromatic carbocycles. The minimum Gasteiger partial charge on any atom is -0.487 e. The Hall–Kier alpha value is -2.80. The van der Waals surface area contributed by atoms with Gasteiger partial charge in [-0.2, -0.15) is 0 Å². The highest BCUT2D eigenvalue weighted by atomic mass is 79.9. The Morgan fingerprint density at radius 2 is 2.09 bits per heavy atom. The third-order valence-corrected chi connectivity index (χ3v) is 7.24. The number of amides is 2. The lowest BCUT2D eigenvalue weighted by Crippen LogP contribution is -2.52. The van der Waals surface area contributed by atoms with Gasteiger partial charge in [0.1, 0.15) is 11.4 Å². The van der Waals surface area contributed by atoms with E-state index in [1.165, 1.54) is 0 Å². The van der Waals surface area contributed by atoms with Crippen LogP contribution in [-0.2, 0) is 11.2 Å². The summed E-state index contributed by atoms with van der Waals surface area (Å²) in [6, 6.07) is 13.7. The maximum absolute atomic E-state index is 13.5. The molecular formula is C25H26BrN3O3. The lowest BCUT2D eigenvalue weighted by Gasteiger charge is -2.46. The van der Waals surface area contributed by atoms with Crippen molar-refractivity contribution in [2.45, 2.75) is 44.2 Å². The number of hydrogen-bond acceptors (Lipinski definition) is 3. The summed E-state index contributed by atoms with van der Waals surface area (Å²) < 4.78 is 7.44. The van der Waals surface area contributed by atoms with Gasteiger partial charge in [0, 0.05) is 53.5 Å². The van der Waals surface area contributed by atoms with E-state index in [4.69, 9.17) is 4.74 Å². The maximum atomic E-state index is 13.5. The lowest BCUT2D eigenvalue weighted by molar-refractivity contribution is -0.122. The van der Waals surface area contributed by atoms with E-state index in [1.54, 1.807) is 4.90 Å².